The summed E-state index contributed by atoms with van der Waals surface area (Å²) >= 11 is 5.65. The predicted octanol–water partition coefficient (Wildman–Crippen LogP) is 3.09. The minimum absolute atomic E-state index is 0.0869. The molecule has 1 heterocycles. The first-order valence-corrected chi connectivity index (χ1v) is 5.05. The second-order valence-electron chi connectivity index (χ2n) is 3.38. The third-order valence-corrected chi connectivity index (χ3v) is 2.59. The number of aromatic nitrogens is 1. The van der Waals surface area contributed by atoms with Crippen LogP contribution in [0.25, 0.3) is 10.9 Å². The van der Waals surface area contributed by atoms with Crippen LogP contribution < -0.4 is 0 Å². The molecule has 0 aliphatic rings. The summed E-state index contributed by atoms with van der Waals surface area (Å²) in [5.74, 6) is -5.28. The number of methoxy groups -OCH3 is 1. The minimum Gasteiger partial charge on any atom is -0.465 e. The van der Waals surface area contributed by atoms with Crippen molar-refractivity contribution in [3.8, 4) is 0 Å². The summed E-state index contributed by atoms with van der Waals surface area (Å²) < 4.78 is 43.9. The summed E-state index contributed by atoms with van der Waals surface area (Å²) in [4.78, 5) is 14.8. The molecule has 0 atom stereocenters. The molecular weight excluding hydrogens is 271 g/mol. The second-order valence-corrected chi connectivity index (χ2v) is 3.73. The van der Waals surface area contributed by atoms with Crippen LogP contribution in [0.4, 0.5) is 13.2 Å². The molecule has 94 valence electrons. The molecule has 2 rings (SSSR count). The SMILES string of the molecule is COC(=O)c1cc2cc(F)c(F)c(F)c2nc1Cl. The maximum Gasteiger partial charge on any atom is 0.341 e. The molecule has 0 bridgehead atoms. The lowest BCUT2D eigenvalue weighted by Gasteiger charge is -2.06. The summed E-state index contributed by atoms with van der Waals surface area (Å²) in [5.41, 5.74) is -0.608. The number of esters is 1. The van der Waals surface area contributed by atoms with Crippen molar-refractivity contribution >= 4 is 28.5 Å². The van der Waals surface area contributed by atoms with Crippen molar-refractivity contribution in [1.82, 2.24) is 4.98 Å². The lowest BCUT2D eigenvalue weighted by Crippen LogP contribution is -2.05. The normalized spacial score (nSPS) is 10.7. The molecule has 0 unspecified atom stereocenters. The molecule has 1 aromatic carbocycles. The summed E-state index contributed by atoms with van der Waals surface area (Å²) in [7, 11) is 1.12. The van der Waals surface area contributed by atoms with Crippen molar-refractivity contribution in [3.63, 3.8) is 0 Å². The van der Waals surface area contributed by atoms with E-state index in [4.69, 9.17) is 11.6 Å². The van der Waals surface area contributed by atoms with Gasteiger partial charge >= 0.3 is 5.97 Å². The maximum absolute atomic E-state index is 13.4. The fraction of sp³-hybridized carbons (Fsp3) is 0.0909. The molecule has 3 nitrogen and oxygen atoms in total. The van der Waals surface area contributed by atoms with Crippen LogP contribution in [0.1, 0.15) is 10.4 Å². The number of nitrogens with zero attached hydrogens (tertiary/aromatic N) is 1. The van der Waals surface area contributed by atoms with E-state index in [0.717, 1.165) is 19.2 Å². The Morgan fingerprint density at radius 2 is 1.94 bits per heavy atom. The Labute approximate surface area is 104 Å². The highest BCUT2D eigenvalue weighted by Crippen LogP contribution is 2.26. The molecule has 0 amide bonds. The quantitative estimate of drug-likeness (QED) is 0.456. The zero-order chi connectivity index (χ0) is 13.4. The van der Waals surface area contributed by atoms with Gasteiger partial charge in [0, 0.05) is 5.39 Å². The van der Waals surface area contributed by atoms with Gasteiger partial charge in [-0.05, 0) is 12.1 Å². The monoisotopic (exact) mass is 275 g/mol. The second kappa shape index (κ2) is 4.45. The minimum atomic E-state index is -1.64. The number of fused-ring (bicyclic) bond motifs is 1. The Morgan fingerprint density at radius 1 is 1.28 bits per heavy atom. The number of rotatable bonds is 1. The van der Waals surface area contributed by atoms with E-state index in [0.29, 0.717) is 0 Å². The van der Waals surface area contributed by atoms with Crippen LogP contribution in [0.2, 0.25) is 5.15 Å². The maximum atomic E-state index is 13.4. The van der Waals surface area contributed by atoms with Crippen molar-refractivity contribution in [3.05, 3.63) is 40.3 Å². The third-order valence-electron chi connectivity index (χ3n) is 2.30. The number of carbonyl (C=O) groups excluding carboxylic acids is 1. The van der Waals surface area contributed by atoms with Crippen LogP contribution in [0, 0.1) is 17.5 Å². The molecule has 2 aromatic rings. The van der Waals surface area contributed by atoms with Crippen molar-refractivity contribution in [2.45, 2.75) is 0 Å². The van der Waals surface area contributed by atoms with Gasteiger partial charge in [-0.25, -0.2) is 22.9 Å². The van der Waals surface area contributed by atoms with Crippen molar-refractivity contribution in [1.29, 1.82) is 0 Å². The standard InChI is InChI=1S/C11H5ClF3NO2/c1-18-11(17)5-2-4-3-6(13)7(14)8(15)9(4)16-10(5)12/h2-3H,1H3. The van der Waals surface area contributed by atoms with E-state index in [9.17, 15) is 18.0 Å². The average Bonchev–Trinajstić information content (AvgIpc) is 2.36. The van der Waals surface area contributed by atoms with Crippen LogP contribution in [0.15, 0.2) is 12.1 Å². The fourth-order valence-electron chi connectivity index (χ4n) is 1.45. The van der Waals surface area contributed by atoms with Gasteiger partial charge in [-0.3, -0.25) is 0 Å². The highest BCUT2D eigenvalue weighted by molar-refractivity contribution is 6.32. The van der Waals surface area contributed by atoms with E-state index < -0.39 is 28.9 Å². The Balaban J connectivity index is 2.80. The van der Waals surface area contributed by atoms with E-state index >= 15 is 0 Å². The van der Waals surface area contributed by atoms with Crippen LogP contribution in [-0.2, 0) is 4.74 Å². The van der Waals surface area contributed by atoms with Crippen LogP contribution in [-0.4, -0.2) is 18.1 Å². The fourth-order valence-corrected chi connectivity index (χ4v) is 1.67. The average molecular weight is 276 g/mol. The molecule has 0 N–H and O–H groups in total. The lowest BCUT2D eigenvalue weighted by molar-refractivity contribution is 0.0600. The van der Waals surface area contributed by atoms with Gasteiger partial charge < -0.3 is 4.74 Å². The molecule has 0 spiro atoms. The number of ether oxygens (including phenoxy) is 1. The first-order chi connectivity index (χ1) is 8.45. The number of carbonyl (C=O) groups is 1. The molecule has 0 radical (unpaired) electrons. The van der Waals surface area contributed by atoms with Gasteiger partial charge in [0.2, 0.25) is 0 Å². The molecular formula is C11H5ClF3NO2. The molecule has 18 heavy (non-hydrogen) atoms. The van der Waals surface area contributed by atoms with Crippen LogP contribution in [0.5, 0.6) is 0 Å². The number of halogens is 4. The van der Waals surface area contributed by atoms with Gasteiger partial charge in [0.05, 0.1) is 12.7 Å². The van der Waals surface area contributed by atoms with Crippen molar-refractivity contribution in [2.24, 2.45) is 0 Å². The smallest absolute Gasteiger partial charge is 0.341 e. The first kappa shape index (κ1) is 12.6. The molecule has 0 fully saturated rings. The third kappa shape index (κ3) is 1.88. The summed E-state index contributed by atoms with van der Waals surface area (Å²) in [6.45, 7) is 0. The molecule has 0 saturated heterocycles. The summed E-state index contributed by atoms with van der Waals surface area (Å²) in [6, 6.07) is 1.81. The van der Waals surface area contributed by atoms with Gasteiger partial charge in [0.1, 0.15) is 10.7 Å². The molecule has 0 saturated carbocycles. The van der Waals surface area contributed by atoms with Gasteiger partial charge in [0.25, 0.3) is 0 Å². The Hall–Kier alpha value is -1.82. The molecule has 0 aliphatic carbocycles. The van der Waals surface area contributed by atoms with E-state index in [2.05, 4.69) is 9.72 Å². The summed E-state index contributed by atoms with van der Waals surface area (Å²) in [5, 5.41) is -0.435. The lowest BCUT2D eigenvalue weighted by atomic mass is 10.1. The largest absolute Gasteiger partial charge is 0.465 e. The van der Waals surface area contributed by atoms with E-state index in [1.54, 1.807) is 0 Å². The predicted molar refractivity (Wildman–Crippen MR) is 58.0 cm³/mol. The number of pyridine rings is 1. The van der Waals surface area contributed by atoms with Crippen molar-refractivity contribution < 1.29 is 22.7 Å². The highest BCUT2D eigenvalue weighted by Gasteiger charge is 2.19. The molecule has 1 aromatic heterocycles. The molecule has 0 aliphatic heterocycles. The number of benzene rings is 1. The van der Waals surface area contributed by atoms with Gasteiger partial charge in [0.15, 0.2) is 17.5 Å². The zero-order valence-corrected chi connectivity index (χ0v) is 9.69. The summed E-state index contributed by atoms with van der Waals surface area (Å²) in [6.07, 6.45) is 0. The van der Waals surface area contributed by atoms with Gasteiger partial charge in [-0.15, -0.1) is 0 Å². The number of hydrogen-bond donors (Lipinski definition) is 0. The van der Waals surface area contributed by atoms with E-state index in [1.807, 2.05) is 0 Å². The Kier molecular flexibility index (Phi) is 3.13. The zero-order valence-electron chi connectivity index (χ0n) is 8.93. The first-order valence-electron chi connectivity index (χ1n) is 4.67. The topological polar surface area (TPSA) is 39.2 Å². The van der Waals surface area contributed by atoms with E-state index in [1.165, 1.54) is 0 Å². The van der Waals surface area contributed by atoms with Crippen LogP contribution in [0.3, 0.4) is 0 Å². The van der Waals surface area contributed by atoms with Crippen molar-refractivity contribution in [2.75, 3.05) is 7.11 Å². The number of hydrogen-bond acceptors (Lipinski definition) is 3. The van der Waals surface area contributed by atoms with Gasteiger partial charge in [-0.1, -0.05) is 11.6 Å². The van der Waals surface area contributed by atoms with Crippen LogP contribution >= 0.6 is 11.6 Å². The Morgan fingerprint density at radius 3 is 2.56 bits per heavy atom. The highest BCUT2D eigenvalue weighted by atomic mass is 35.5. The Bertz CT molecular complexity index is 661. The van der Waals surface area contributed by atoms with E-state index in [-0.39, 0.29) is 16.1 Å². The van der Waals surface area contributed by atoms with Gasteiger partial charge in [-0.2, -0.15) is 0 Å². The molecule has 7 heteroatoms.